The van der Waals surface area contributed by atoms with Crippen LogP contribution in [0.4, 0.5) is 0 Å². The molecule has 40 heavy (non-hydrogen) atoms. The Morgan fingerprint density at radius 2 is 1.32 bits per heavy atom. The van der Waals surface area contributed by atoms with E-state index < -0.39 is 0 Å². The molecule has 2 aliphatic heterocycles. The number of hydrogen-bond acceptors (Lipinski definition) is 4. The minimum absolute atomic E-state index is 0.00224. The summed E-state index contributed by atoms with van der Waals surface area (Å²) in [5, 5.41) is 3.44. The number of fused-ring (bicyclic) bond motifs is 13. The number of rotatable bonds is 3. The van der Waals surface area contributed by atoms with E-state index in [1.807, 2.05) is 66.7 Å². The summed E-state index contributed by atoms with van der Waals surface area (Å²) in [4.78, 5) is 43.5. The van der Waals surface area contributed by atoms with Crippen molar-refractivity contribution in [3.8, 4) is 5.75 Å². The van der Waals surface area contributed by atoms with Crippen LogP contribution in [0.2, 0.25) is 0 Å². The lowest BCUT2D eigenvalue weighted by molar-refractivity contribution is -0.120. The molecule has 0 N–H and O–H groups in total. The molecule has 4 aromatic carbocycles. The molecule has 9 rings (SSSR count). The van der Waals surface area contributed by atoms with Gasteiger partial charge in [0, 0.05) is 45.0 Å². The van der Waals surface area contributed by atoms with Crippen molar-refractivity contribution in [2.75, 3.05) is 7.11 Å². The second kappa shape index (κ2) is 7.39. The van der Waals surface area contributed by atoms with Crippen LogP contribution in [0, 0.1) is 0 Å². The van der Waals surface area contributed by atoms with Gasteiger partial charge in [0.05, 0.1) is 41.9 Å². The van der Waals surface area contributed by atoms with Gasteiger partial charge in [-0.05, 0) is 36.2 Å². The van der Waals surface area contributed by atoms with Crippen molar-refractivity contribution in [3.63, 3.8) is 0 Å². The fourth-order valence-electron chi connectivity index (χ4n) is 7.59. The standard InChI is InChI=1S/C33H23N3O4/c1-40-19-12-10-17(11-13-19)16-34-32(38)28-26-20-6-2-4-8-22(20)35-18-14-24(25(37)15-18)36-23-9-5-3-7-21(23)27(29(28)33(34)39)31(36)30(26)35/h2-13,18,24H,14-16H2,1H3. The van der Waals surface area contributed by atoms with Gasteiger partial charge in [-0.1, -0.05) is 48.5 Å². The molecule has 4 heterocycles. The first-order valence-corrected chi connectivity index (χ1v) is 13.6. The van der Waals surface area contributed by atoms with Gasteiger partial charge < -0.3 is 13.9 Å². The summed E-state index contributed by atoms with van der Waals surface area (Å²) >= 11 is 0. The lowest BCUT2D eigenvalue weighted by Crippen LogP contribution is -2.29. The molecule has 1 aliphatic carbocycles. The van der Waals surface area contributed by atoms with Crippen LogP contribution in [-0.4, -0.2) is 38.7 Å². The van der Waals surface area contributed by atoms with Crippen molar-refractivity contribution < 1.29 is 19.1 Å². The van der Waals surface area contributed by atoms with Crippen LogP contribution in [0.25, 0.3) is 43.6 Å². The molecular weight excluding hydrogens is 502 g/mol. The predicted octanol–water partition coefficient (Wildman–Crippen LogP) is 6.17. The highest BCUT2D eigenvalue weighted by Crippen LogP contribution is 2.53. The highest BCUT2D eigenvalue weighted by atomic mass is 16.5. The molecule has 7 nitrogen and oxygen atoms in total. The smallest absolute Gasteiger partial charge is 0.262 e. The summed E-state index contributed by atoms with van der Waals surface area (Å²) < 4.78 is 9.74. The minimum Gasteiger partial charge on any atom is -0.497 e. The van der Waals surface area contributed by atoms with E-state index in [4.69, 9.17) is 4.74 Å². The number of carbonyl (C=O) groups is 3. The molecule has 0 spiro atoms. The second-order valence-electron chi connectivity index (χ2n) is 11.1. The van der Waals surface area contributed by atoms with Crippen molar-refractivity contribution in [1.82, 2.24) is 14.0 Å². The van der Waals surface area contributed by atoms with Gasteiger partial charge in [-0.3, -0.25) is 19.3 Å². The minimum atomic E-state index is -0.296. The average Bonchev–Trinajstić information content (AvgIpc) is 3.65. The number of nitrogens with zero attached hydrogens (tertiary/aromatic N) is 3. The fraction of sp³-hybridized carbons (Fsp3) is 0.182. The van der Waals surface area contributed by atoms with E-state index in [0.29, 0.717) is 29.7 Å². The van der Waals surface area contributed by atoms with E-state index in [9.17, 15) is 14.4 Å². The number of amides is 2. The molecule has 1 fully saturated rings. The maximum absolute atomic E-state index is 14.3. The summed E-state index contributed by atoms with van der Waals surface area (Å²) in [7, 11) is 1.61. The third-order valence-corrected chi connectivity index (χ3v) is 9.19. The van der Waals surface area contributed by atoms with Gasteiger partial charge in [-0.15, -0.1) is 0 Å². The summed E-state index contributed by atoms with van der Waals surface area (Å²) in [5.41, 5.74) is 5.54. The monoisotopic (exact) mass is 525 g/mol. The maximum Gasteiger partial charge on any atom is 0.262 e. The molecule has 6 aromatic rings. The zero-order chi connectivity index (χ0) is 26.9. The van der Waals surface area contributed by atoms with Crippen molar-refractivity contribution >= 4 is 61.2 Å². The Labute approximate surface area is 228 Å². The largest absolute Gasteiger partial charge is 0.497 e. The Morgan fingerprint density at radius 3 is 1.95 bits per heavy atom. The Kier molecular flexibility index (Phi) is 4.06. The molecule has 2 aromatic heterocycles. The third-order valence-electron chi connectivity index (χ3n) is 9.19. The molecule has 0 saturated heterocycles. The number of aromatic nitrogens is 2. The molecule has 0 radical (unpaired) electrons. The zero-order valence-corrected chi connectivity index (χ0v) is 21.7. The molecule has 2 atom stereocenters. The van der Waals surface area contributed by atoms with E-state index in [-0.39, 0.29) is 36.2 Å². The van der Waals surface area contributed by atoms with Crippen LogP contribution in [0.3, 0.4) is 0 Å². The first-order chi connectivity index (χ1) is 19.6. The number of ether oxygens (including phenoxy) is 1. The highest BCUT2D eigenvalue weighted by Gasteiger charge is 2.46. The molecule has 2 amide bonds. The average molecular weight is 526 g/mol. The number of Topliss-reactive ketones (excluding diaryl/α,β-unsaturated/α-hetero) is 1. The summed E-state index contributed by atoms with van der Waals surface area (Å²) in [6, 6.07) is 23.2. The summed E-state index contributed by atoms with van der Waals surface area (Å²) in [5.74, 6) is 0.364. The molecule has 2 bridgehead atoms. The molecule has 1 saturated carbocycles. The number of carbonyl (C=O) groups excluding carboxylic acids is 3. The van der Waals surface area contributed by atoms with Crippen LogP contribution < -0.4 is 4.74 Å². The third kappa shape index (κ3) is 2.49. The molecule has 3 aliphatic rings. The Balaban J connectivity index is 1.44. The van der Waals surface area contributed by atoms with Gasteiger partial charge in [0.2, 0.25) is 0 Å². The zero-order valence-electron chi connectivity index (χ0n) is 21.7. The number of methoxy groups -OCH3 is 1. The number of benzene rings is 4. The van der Waals surface area contributed by atoms with Crippen molar-refractivity contribution in [2.45, 2.75) is 31.5 Å². The molecule has 2 unspecified atom stereocenters. The first-order valence-electron chi connectivity index (χ1n) is 13.6. The lowest BCUT2D eigenvalue weighted by Gasteiger charge is -2.15. The summed E-state index contributed by atoms with van der Waals surface area (Å²) in [6.07, 6.45) is 1.16. The van der Waals surface area contributed by atoms with Crippen molar-refractivity contribution in [3.05, 3.63) is 89.5 Å². The molecular formula is C33H23N3O4. The van der Waals surface area contributed by atoms with Crippen LogP contribution >= 0.6 is 0 Å². The Bertz CT molecular complexity index is 2150. The Morgan fingerprint density at radius 1 is 0.750 bits per heavy atom. The topological polar surface area (TPSA) is 73.5 Å². The van der Waals surface area contributed by atoms with Crippen molar-refractivity contribution in [2.24, 2.45) is 0 Å². The van der Waals surface area contributed by atoms with Crippen LogP contribution in [0.1, 0.15) is 51.2 Å². The number of para-hydroxylation sites is 2. The van der Waals surface area contributed by atoms with E-state index in [2.05, 4.69) is 15.2 Å². The van der Waals surface area contributed by atoms with Crippen LogP contribution in [0.15, 0.2) is 72.8 Å². The van der Waals surface area contributed by atoms with Gasteiger partial charge in [0.15, 0.2) is 5.78 Å². The number of hydrogen-bond donors (Lipinski definition) is 0. The number of ketones is 1. The number of imide groups is 1. The van der Waals surface area contributed by atoms with E-state index in [0.717, 1.165) is 49.2 Å². The maximum atomic E-state index is 14.3. The van der Waals surface area contributed by atoms with Crippen molar-refractivity contribution in [1.29, 1.82) is 0 Å². The normalized spacial score (nSPS) is 19.6. The highest BCUT2D eigenvalue weighted by molar-refractivity contribution is 6.39. The van der Waals surface area contributed by atoms with Crippen LogP contribution in [-0.2, 0) is 11.3 Å². The van der Waals surface area contributed by atoms with Gasteiger partial charge in [-0.25, -0.2) is 0 Å². The van der Waals surface area contributed by atoms with Gasteiger partial charge >= 0.3 is 0 Å². The fourth-order valence-corrected chi connectivity index (χ4v) is 7.59. The quantitative estimate of drug-likeness (QED) is 0.259. The first kappa shape index (κ1) is 22.0. The van der Waals surface area contributed by atoms with E-state index >= 15 is 0 Å². The van der Waals surface area contributed by atoms with Crippen LogP contribution in [0.5, 0.6) is 5.75 Å². The van der Waals surface area contributed by atoms with Gasteiger partial charge in [0.1, 0.15) is 5.75 Å². The molecule has 7 heteroatoms. The second-order valence-corrected chi connectivity index (χ2v) is 11.1. The SMILES string of the molecule is COc1ccc(CN2C(=O)c3c(c4c5ccccc5n5c4c4c3c3ccccc3n4C3CC(=O)C5C3)C2=O)cc1. The lowest BCUT2D eigenvalue weighted by atomic mass is 9.96. The Hall–Kier alpha value is -4.91. The van der Waals surface area contributed by atoms with Gasteiger partial charge in [-0.2, -0.15) is 0 Å². The predicted molar refractivity (Wildman–Crippen MR) is 152 cm³/mol. The van der Waals surface area contributed by atoms with E-state index in [1.54, 1.807) is 7.11 Å². The van der Waals surface area contributed by atoms with Gasteiger partial charge in [0.25, 0.3) is 11.8 Å². The molecule has 194 valence electrons. The summed E-state index contributed by atoms with van der Waals surface area (Å²) in [6.45, 7) is 0.167. The van der Waals surface area contributed by atoms with E-state index in [1.165, 1.54) is 4.90 Å².